The van der Waals surface area contributed by atoms with Gasteiger partial charge in [-0.1, -0.05) is 12.1 Å². The maximum absolute atomic E-state index is 5.59. The average Bonchev–Trinajstić information content (AvgIpc) is 2.88. The number of ether oxygens (including phenoxy) is 1. The van der Waals surface area contributed by atoms with Gasteiger partial charge in [0.1, 0.15) is 0 Å². The Morgan fingerprint density at radius 2 is 2.24 bits per heavy atom. The predicted octanol–water partition coefficient (Wildman–Crippen LogP) is 2.77. The summed E-state index contributed by atoms with van der Waals surface area (Å²) in [4.78, 5) is 0. The molecule has 2 heterocycles. The van der Waals surface area contributed by atoms with Crippen LogP contribution in [-0.4, -0.2) is 23.3 Å². The first-order valence-electron chi connectivity index (χ1n) is 6.18. The summed E-state index contributed by atoms with van der Waals surface area (Å²) < 4.78 is 7.76. The van der Waals surface area contributed by atoms with Gasteiger partial charge in [-0.3, -0.25) is 0 Å². The van der Waals surface area contributed by atoms with Crippen molar-refractivity contribution in [2.24, 2.45) is 7.05 Å². The van der Waals surface area contributed by atoms with Crippen molar-refractivity contribution in [3.8, 4) is 0 Å². The zero-order valence-corrected chi connectivity index (χ0v) is 10.3. The van der Waals surface area contributed by atoms with Crippen LogP contribution < -0.4 is 5.32 Å². The van der Waals surface area contributed by atoms with Gasteiger partial charge >= 0.3 is 0 Å². The highest BCUT2D eigenvalue weighted by Gasteiger charge is 2.24. The standard InChI is InChI=1S/C14H18N2O/c1-10-12(7-9-17-10)15-13-5-3-4-11-6-8-16(2)14(11)13/h3-6,8,10,12,15H,7,9H2,1-2H3/t10-,12+/m1/s1. The summed E-state index contributed by atoms with van der Waals surface area (Å²) in [6.45, 7) is 3.00. The van der Waals surface area contributed by atoms with Crippen molar-refractivity contribution >= 4 is 16.6 Å². The van der Waals surface area contributed by atoms with Crippen LogP contribution in [0.5, 0.6) is 0 Å². The third kappa shape index (κ3) is 1.80. The molecule has 0 radical (unpaired) electrons. The Kier molecular flexibility index (Phi) is 2.56. The van der Waals surface area contributed by atoms with Gasteiger partial charge in [0, 0.05) is 25.2 Å². The highest BCUT2D eigenvalue weighted by Crippen LogP contribution is 2.26. The number of fused-ring (bicyclic) bond motifs is 1. The Morgan fingerprint density at radius 1 is 1.35 bits per heavy atom. The largest absolute Gasteiger partial charge is 0.378 e. The first-order chi connectivity index (χ1) is 8.25. The first kappa shape index (κ1) is 10.7. The van der Waals surface area contributed by atoms with Gasteiger partial charge in [-0.15, -0.1) is 0 Å². The summed E-state index contributed by atoms with van der Waals surface area (Å²) >= 11 is 0. The van der Waals surface area contributed by atoms with Crippen LogP contribution in [0, 0.1) is 0 Å². The van der Waals surface area contributed by atoms with E-state index in [0.29, 0.717) is 12.1 Å². The van der Waals surface area contributed by atoms with E-state index >= 15 is 0 Å². The second-order valence-corrected chi connectivity index (χ2v) is 4.79. The van der Waals surface area contributed by atoms with Gasteiger partial charge in [0.25, 0.3) is 0 Å². The molecule has 1 aromatic carbocycles. The molecule has 3 rings (SSSR count). The van der Waals surface area contributed by atoms with Gasteiger partial charge in [-0.05, 0) is 25.5 Å². The normalized spacial score (nSPS) is 24.4. The summed E-state index contributed by atoms with van der Waals surface area (Å²) in [6.07, 6.45) is 3.48. The number of nitrogens with one attached hydrogen (secondary N) is 1. The first-order valence-corrected chi connectivity index (χ1v) is 6.18. The van der Waals surface area contributed by atoms with Crippen molar-refractivity contribution in [1.82, 2.24) is 4.57 Å². The zero-order valence-electron chi connectivity index (χ0n) is 10.3. The monoisotopic (exact) mass is 230 g/mol. The lowest BCUT2D eigenvalue weighted by atomic mass is 10.1. The number of benzene rings is 1. The van der Waals surface area contributed by atoms with Crippen molar-refractivity contribution in [3.63, 3.8) is 0 Å². The molecule has 0 bridgehead atoms. The van der Waals surface area contributed by atoms with Crippen LogP contribution in [0.15, 0.2) is 30.5 Å². The van der Waals surface area contributed by atoms with Crippen molar-refractivity contribution in [2.75, 3.05) is 11.9 Å². The summed E-state index contributed by atoms with van der Waals surface area (Å²) in [7, 11) is 2.09. The lowest BCUT2D eigenvalue weighted by molar-refractivity contribution is 0.121. The summed E-state index contributed by atoms with van der Waals surface area (Å²) in [5.74, 6) is 0. The third-order valence-corrected chi connectivity index (χ3v) is 3.61. The molecule has 1 aliphatic rings. The molecule has 3 heteroatoms. The van der Waals surface area contributed by atoms with E-state index in [-0.39, 0.29) is 0 Å². The van der Waals surface area contributed by atoms with Crippen LogP contribution in [0.3, 0.4) is 0 Å². The van der Waals surface area contributed by atoms with Crippen LogP contribution >= 0.6 is 0 Å². The lowest BCUT2D eigenvalue weighted by Gasteiger charge is -2.18. The van der Waals surface area contributed by atoms with E-state index in [9.17, 15) is 0 Å². The summed E-state index contributed by atoms with van der Waals surface area (Å²) in [6, 6.07) is 8.97. The highest BCUT2D eigenvalue weighted by molar-refractivity contribution is 5.91. The van der Waals surface area contributed by atoms with E-state index < -0.39 is 0 Å². The van der Waals surface area contributed by atoms with Crippen molar-refractivity contribution in [2.45, 2.75) is 25.5 Å². The van der Waals surface area contributed by atoms with Crippen molar-refractivity contribution in [1.29, 1.82) is 0 Å². The Morgan fingerprint density at radius 3 is 3.00 bits per heavy atom. The lowest BCUT2D eigenvalue weighted by Crippen LogP contribution is -2.26. The zero-order chi connectivity index (χ0) is 11.8. The third-order valence-electron chi connectivity index (χ3n) is 3.61. The van der Waals surface area contributed by atoms with E-state index in [4.69, 9.17) is 4.74 Å². The van der Waals surface area contributed by atoms with E-state index in [1.807, 2.05) is 0 Å². The highest BCUT2D eigenvalue weighted by atomic mass is 16.5. The van der Waals surface area contributed by atoms with Crippen LogP contribution in [0.4, 0.5) is 5.69 Å². The van der Waals surface area contributed by atoms with E-state index in [1.54, 1.807) is 0 Å². The van der Waals surface area contributed by atoms with Gasteiger partial charge in [0.2, 0.25) is 0 Å². The van der Waals surface area contributed by atoms with E-state index in [2.05, 4.69) is 54.3 Å². The molecule has 0 spiro atoms. The van der Waals surface area contributed by atoms with Gasteiger partial charge in [0.15, 0.2) is 0 Å². The molecule has 1 aromatic heterocycles. The number of nitrogens with zero attached hydrogens (tertiary/aromatic N) is 1. The Labute approximate surface area is 101 Å². The number of hydrogen-bond donors (Lipinski definition) is 1. The fraction of sp³-hybridized carbons (Fsp3) is 0.429. The van der Waals surface area contributed by atoms with Gasteiger partial charge < -0.3 is 14.6 Å². The minimum Gasteiger partial charge on any atom is -0.378 e. The Hall–Kier alpha value is -1.48. The fourth-order valence-corrected chi connectivity index (χ4v) is 2.59. The van der Waals surface area contributed by atoms with E-state index in [1.165, 1.54) is 16.6 Å². The number of rotatable bonds is 2. The molecule has 1 aliphatic heterocycles. The van der Waals surface area contributed by atoms with Gasteiger partial charge in [-0.2, -0.15) is 0 Å². The second kappa shape index (κ2) is 4.08. The molecule has 1 saturated heterocycles. The van der Waals surface area contributed by atoms with Gasteiger partial charge in [-0.25, -0.2) is 0 Å². The van der Waals surface area contributed by atoms with Crippen LogP contribution in [0.2, 0.25) is 0 Å². The molecule has 1 N–H and O–H groups in total. The van der Waals surface area contributed by atoms with Crippen molar-refractivity contribution in [3.05, 3.63) is 30.5 Å². The molecule has 17 heavy (non-hydrogen) atoms. The molecule has 0 amide bonds. The molecule has 0 aliphatic carbocycles. The molecular weight excluding hydrogens is 212 g/mol. The SMILES string of the molecule is C[C@H]1OCC[C@@H]1Nc1cccc2ccn(C)c12. The molecule has 90 valence electrons. The maximum atomic E-state index is 5.59. The van der Waals surface area contributed by atoms with Crippen LogP contribution in [0.25, 0.3) is 10.9 Å². The molecular formula is C14H18N2O. The second-order valence-electron chi connectivity index (χ2n) is 4.79. The molecule has 2 aromatic rings. The van der Waals surface area contributed by atoms with Crippen LogP contribution in [0.1, 0.15) is 13.3 Å². The number of hydrogen-bond acceptors (Lipinski definition) is 2. The Bertz CT molecular complexity index is 532. The predicted molar refractivity (Wildman–Crippen MR) is 70.4 cm³/mol. The molecule has 1 fully saturated rings. The quantitative estimate of drug-likeness (QED) is 0.858. The molecule has 0 saturated carbocycles. The molecule has 2 atom stereocenters. The summed E-state index contributed by atoms with van der Waals surface area (Å²) in [5.41, 5.74) is 2.48. The number of para-hydroxylation sites is 1. The van der Waals surface area contributed by atoms with Gasteiger partial charge in [0.05, 0.1) is 23.3 Å². The summed E-state index contributed by atoms with van der Waals surface area (Å²) in [5, 5.41) is 4.90. The topological polar surface area (TPSA) is 26.2 Å². The van der Waals surface area contributed by atoms with Crippen LogP contribution in [-0.2, 0) is 11.8 Å². The number of anilines is 1. The van der Waals surface area contributed by atoms with E-state index in [0.717, 1.165) is 13.0 Å². The fourth-order valence-electron chi connectivity index (χ4n) is 2.59. The minimum atomic E-state index is 0.297. The molecule has 3 nitrogen and oxygen atoms in total. The minimum absolute atomic E-state index is 0.297. The average molecular weight is 230 g/mol. The smallest absolute Gasteiger partial charge is 0.0748 e. The number of aryl methyl sites for hydroxylation is 1. The Balaban J connectivity index is 1.97. The maximum Gasteiger partial charge on any atom is 0.0748 e. The molecule has 0 unspecified atom stereocenters. The number of aromatic nitrogens is 1. The van der Waals surface area contributed by atoms with Crippen molar-refractivity contribution < 1.29 is 4.74 Å².